The molecule has 1 rings (SSSR count). The third-order valence-electron chi connectivity index (χ3n) is 2.71. The van der Waals surface area contributed by atoms with Crippen LogP contribution in [0.15, 0.2) is 18.2 Å². The van der Waals surface area contributed by atoms with Crippen LogP contribution >= 0.6 is 11.6 Å². The molecule has 0 saturated heterocycles. The lowest BCUT2D eigenvalue weighted by Crippen LogP contribution is -2.33. The molecule has 1 aromatic rings. The largest absolute Gasteiger partial charge is 0.387 e. The minimum Gasteiger partial charge on any atom is -0.387 e. The first-order valence-corrected chi connectivity index (χ1v) is 8.12. The number of rotatable bonds is 6. The molecule has 2 N–H and O–H groups in total. The van der Waals surface area contributed by atoms with Crippen LogP contribution in [0.3, 0.4) is 0 Å². The molecule has 1 aromatic carbocycles. The molecule has 1 amide bonds. The average molecular weight is 303 g/mol. The zero-order valence-electron chi connectivity index (χ0n) is 11.3. The van der Waals surface area contributed by atoms with Crippen LogP contribution < -0.4 is 10.6 Å². The lowest BCUT2D eigenvalue weighted by Gasteiger charge is -2.15. The van der Waals surface area contributed by atoms with E-state index in [1.807, 2.05) is 6.92 Å². The number of hydrogen-bond donors (Lipinski definition) is 2. The second kappa shape index (κ2) is 7.50. The summed E-state index contributed by atoms with van der Waals surface area (Å²) in [5, 5.41) is 6.36. The molecule has 4 nitrogen and oxygen atoms in total. The van der Waals surface area contributed by atoms with E-state index in [1.165, 1.54) is 0 Å². The second-order valence-electron chi connectivity index (χ2n) is 4.38. The van der Waals surface area contributed by atoms with E-state index in [4.69, 9.17) is 11.6 Å². The van der Waals surface area contributed by atoms with Crippen molar-refractivity contribution >= 4 is 34.0 Å². The zero-order valence-corrected chi connectivity index (χ0v) is 12.9. The molecule has 0 radical (unpaired) electrons. The zero-order chi connectivity index (χ0) is 14.4. The second-order valence-corrected chi connectivity index (χ2v) is 6.37. The third kappa shape index (κ3) is 5.20. The van der Waals surface area contributed by atoms with Crippen LogP contribution in [0.4, 0.5) is 5.69 Å². The van der Waals surface area contributed by atoms with E-state index in [-0.39, 0.29) is 11.9 Å². The maximum Gasteiger partial charge on any atom is 0.253 e. The van der Waals surface area contributed by atoms with Crippen molar-refractivity contribution in [3.63, 3.8) is 0 Å². The molecule has 0 aliphatic carbocycles. The Kier molecular flexibility index (Phi) is 6.31. The van der Waals surface area contributed by atoms with Gasteiger partial charge in [-0.2, -0.15) is 0 Å². The lowest BCUT2D eigenvalue weighted by atomic mass is 10.1. The summed E-state index contributed by atoms with van der Waals surface area (Å²) in [5.74, 6) is 0.400. The SMILES string of the molecule is CNc1ccc(Cl)cc1C(=O)NC(C)CCS(C)=O. The van der Waals surface area contributed by atoms with E-state index in [0.29, 0.717) is 22.8 Å². The molecule has 2 unspecified atom stereocenters. The standard InChI is InChI=1S/C13H19ClN2O2S/c1-9(6-7-19(3)18)16-13(17)11-8-10(14)4-5-12(11)15-2/h4-5,8-9,15H,6-7H2,1-3H3,(H,16,17). The number of nitrogens with one attached hydrogen (secondary N) is 2. The molecule has 6 heteroatoms. The normalized spacial score (nSPS) is 13.7. The summed E-state index contributed by atoms with van der Waals surface area (Å²) in [4.78, 5) is 12.1. The summed E-state index contributed by atoms with van der Waals surface area (Å²) >= 11 is 5.91. The molecule has 106 valence electrons. The van der Waals surface area contributed by atoms with Gasteiger partial charge in [-0.3, -0.25) is 9.00 Å². The summed E-state index contributed by atoms with van der Waals surface area (Å²) in [6.45, 7) is 1.90. The van der Waals surface area contributed by atoms with E-state index in [9.17, 15) is 9.00 Å². The molecular weight excluding hydrogens is 284 g/mol. The molecular formula is C13H19ClN2O2S. The molecule has 0 saturated carbocycles. The van der Waals surface area contributed by atoms with Gasteiger partial charge in [0.1, 0.15) is 0 Å². The Labute approximate surface area is 121 Å². The van der Waals surface area contributed by atoms with E-state index in [1.54, 1.807) is 31.5 Å². The molecule has 2 atom stereocenters. The lowest BCUT2D eigenvalue weighted by molar-refractivity contribution is 0.0940. The van der Waals surface area contributed by atoms with E-state index >= 15 is 0 Å². The minimum absolute atomic E-state index is 0.0277. The van der Waals surface area contributed by atoms with Gasteiger partial charge in [0.05, 0.1) is 5.56 Å². The van der Waals surface area contributed by atoms with E-state index in [0.717, 1.165) is 5.69 Å². The molecule has 0 heterocycles. The third-order valence-corrected chi connectivity index (χ3v) is 3.76. The van der Waals surface area contributed by atoms with Gasteiger partial charge in [0, 0.05) is 46.6 Å². The molecule has 0 aliphatic rings. The van der Waals surface area contributed by atoms with E-state index in [2.05, 4.69) is 10.6 Å². The minimum atomic E-state index is -0.840. The van der Waals surface area contributed by atoms with Crippen molar-refractivity contribution in [1.82, 2.24) is 5.32 Å². The first-order valence-electron chi connectivity index (χ1n) is 6.02. The van der Waals surface area contributed by atoms with Crippen molar-refractivity contribution < 1.29 is 9.00 Å². The van der Waals surface area contributed by atoms with Gasteiger partial charge < -0.3 is 10.6 Å². The number of carbonyl (C=O) groups is 1. The topological polar surface area (TPSA) is 58.2 Å². The first kappa shape index (κ1) is 16.0. The fraction of sp³-hybridized carbons (Fsp3) is 0.462. The number of anilines is 1. The van der Waals surface area contributed by atoms with Gasteiger partial charge in [-0.1, -0.05) is 11.6 Å². The highest BCUT2D eigenvalue weighted by molar-refractivity contribution is 7.84. The van der Waals surface area contributed by atoms with E-state index < -0.39 is 10.8 Å². The molecule has 0 bridgehead atoms. The van der Waals surface area contributed by atoms with Crippen molar-refractivity contribution in [3.8, 4) is 0 Å². The highest BCUT2D eigenvalue weighted by atomic mass is 35.5. The van der Waals surface area contributed by atoms with Gasteiger partial charge in [0.25, 0.3) is 5.91 Å². The Morgan fingerprint density at radius 2 is 2.16 bits per heavy atom. The Hall–Kier alpha value is -1.07. The van der Waals surface area contributed by atoms with Crippen LogP contribution in [0.25, 0.3) is 0 Å². The van der Waals surface area contributed by atoms with Crippen LogP contribution in [-0.4, -0.2) is 35.2 Å². The molecule has 19 heavy (non-hydrogen) atoms. The number of amides is 1. The average Bonchev–Trinajstić information content (AvgIpc) is 2.36. The summed E-state index contributed by atoms with van der Waals surface area (Å²) in [6.07, 6.45) is 2.34. The summed E-state index contributed by atoms with van der Waals surface area (Å²) in [7, 11) is 0.914. The van der Waals surface area contributed by atoms with Crippen LogP contribution in [0.2, 0.25) is 5.02 Å². The maximum absolute atomic E-state index is 12.1. The maximum atomic E-state index is 12.1. The van der Waals surface area contributed by atoms with Crippen LogP contribution in [0.5, 0.6) is 0 Å². The molecule has 0 aromatic heterocycles. The first-order chi connectivity index (χ1) is 8.93. The van der Waals surface area contributed by atoms with Crippen molar-refractivity contribution in [3.05, 3.63) is 28.8 Å². The Balaban J connectivity index is 2.72. The fourth-order valence-corrected chi connectivity index (χ4v) is 2.50. The number of carbonyl (C=O) groups excluding carboxylic acids is 1. The molecule has 0 aliphatic heterocycles. The van der Waals surface area contributed by atoms with Gasteiger partial charge in [0.2, 0.25) is 0 Å². The van der Waals surface area contributed by atoms with Gasteiger partial charge in [-0.25, -0.2) is 0 Å². The van der Waals surface area contributed by atoms with Gasteiger partial charge >= 0.3 is 0 Å². The monoisotopic (exact) mass is 302 g/mol. The predicted molar refractivity (Wildman–Crippen MR) is 81.5 cm³/mol. The van der Waals surface area contributed by atoms with Gasteiger partial charge in [-0.15, -0.1) is 0 Å². The smallest absolute Gasteiger partial charge is 0.253 e. The molecule has 0 fully saturated rings. The number of hydrogen-bond acceptors (Lipinski definition) is 3. The van der Waals surface area contributed by atoms with Crippen LogP contribution in [0, 0.1) is 0 Å². The number of halogens is 1. The summed E-state index contributed by atoms with van der Waals surface area (Å²) in [5.41, 5.74) is 1.24. The van der Waals surface area contributed by atoms with Gasteiger partial charge in [-0.05, 0) is 31.5 Å². The van der Waals surface area contributed by atoms with Crippen molar-refractivity contribution in [2.75, 3.05) is 24.4 Å². The summed E-state index contributed by atoms with van der Waals surface area (Å²) < 4.78 is 11.0. The number of benzene rings is 1. The Bertz CT molecular complexity index is 480. The van der Waals surface area contributed by atoms with Crippen LogP contribution in [0.1, 0.15) is 23.7 Å². The Morgan fingerprint density at radius 3 is 2.74 bits per heavy atom. The van der Waals surface area contributed by atoms with Crippen molar-refractivity contribution in [1.29, 1.82) is 0 Å². The van der Waals surface area contributed by atoms with Gasteiger partial charge in [0.15, 0.2) is 0 Å². The fourth-order valence-electron chi connectivity index (χ4n) is 1.64. The summed E-state index contributed by atoms with van der Waals surface area (Å²) in [6, 6.07) is 5.10. The quantitative estimate of drug-likeness (QED) is 0.847. The van der Waals surface area contributed by atoms with Crippen molar-refractivity contribution in [2.24, 2.45) is 0 Å². The van der Waals surface area contributed by atoms with Crippen molar-refractivity contribution in [2.45, 2.75) is 19.4 Å². The van der Waals surface area contributed by atoms with Crippen LogP contribution in [-0.2, 0) is 10.8 Å². The highest BCUT2D eigenvalue weighted by Crippen LogP contribution is 2.20. The molecule has 0 spiro atoms. The Morgan fingerprint density at radius 1 is 1.47 bits per heavy atom. The highest BCUT2D eigenvalue weighted by Gasteiger charge is 2.14. The predicted octanol–water partition coefficient (Wildman–Crippen LogP) is 2.27.